The second kappa shape index (κ2) is 5.17. The topological polar surface area (TPSA) is 64.6 Å². The van der Waals surface area contributed by atoms with Crippen molar-refractivity contribution in [2.45, 2.75) is 6.92 Å². The van der Waals surface area contributed by atoms with Crippen LogP contribution < -0.4 is 5.32 Å². The zero-order chi connectivity index (χ0) is 9.56. The van der Waals surface area contributed by atoms with Crippen LogP contribution in [0.2, 0.25) is 0 Å². The maximum Gasteiger partial charge on any atom is 0.411 e. The minimum absolute atomic E-state index is 0.369. The highest BCUT2D eigenvalue weighted by molar-refractivity contribution is 5.83. The number of esters is 1. The average molecular weight is 173 g/mol. The Morgan fingerprint density at radius 3 is 2.25 bits per heavy atom. The van der Waals surface area contributed by atoms with Crippen LogP contribution in [0, 0.1) is 0 Å². The number of amides is 1. The van der Waals surface area contributed by atoms with Gasteiger partial charge in [-0.05, 0) is 6.92 Å². The molecule has 0 spiro atoms. The maximum atomic E-state index is 10.6. The van der Waals surface area contributed by atoms with Gasteiger partial charge < -0.3 is 9.47 Å². The summed E-state index contributed by atoms with van der Waals surface area (Å²) in [5.74, 6) is -0.524. The summed E-state index contributed by atoms with van der Waals surface area (Å²) in [5.41, 5.74) is 0.369. The second-order valence-electron chi connectivity index (χ2n) is 1.97. The van der Waals surface area contributed by atoms with Gasteiger partial charge in [-0.3, -0.25) is 5.32 Å². The lowest BCUT2D eigenvalue weighted by Crippen LogP contribution is -2.21. The summed E-state index contributed by atoms with van der Waals surface area (Å²) in [6.45, 7) is 1.55. The molecule has 0 aromatic carbocycles. The van der Waals surface area contributed by atoms with Gasteiger partial charge in [-0.2, -0.15) is 0 Å². The summed E-state index contributed by atoms with van der Waals surface area (Å²) in [6.07, 6.45) is 0.532. The van der Waals surface area contributed by atoms with Crippen LogP contribution in [0.1, 0.15) is 6.92 Å². The van der Waals surface area contributed by atoms with Crippen molar-refractivity contribution in [3.05, 3.63) is 11.8 Å². The normalized spacial score (nSPS) is 10.4. The Labute approximate surface area is 70.3 Å². The van der Waals surface area contributed by atoms with Crippen molar-refractivity contribution in [2.24, 2.45) is 0 Å². The third-order valence-corrected chi connectivity index (χ3v) is 1.02. The molecule has 0 aliphatic heterocycles. The molecule has 12 heavy (non-hydrogen) atoms. The molecule has 0 aromatic rings. The number of allylic oxidation sites excluding steroid dienone is 1. The van der Waals surface area contributed by atoms with E-state index in [4.69, 9.17) is 0 Å². The Morgan fingerprint density at radius 2 is 1.83 bits per heavy atom. The lowest BCUT2D eigenvalue weighted by Gasteiger charge is -2.01. The summed E-state index contributed by atoms with van der Waals surface area (Å²) < 4.78 is 8.62. The SMILES string of the molecule is COC(=O)/C=C(\C)NC(=O)OC. The van der Waals surface area contributed by atoms with Gasteiger partial charge in [0.05, 0.1) is 14.2 Å². The van der Waals surface area contributed by atoms with Gasteiger partial charge in [0, 0.05) is 11.8 Å². The van der Waals surface area contributed by atoms with E-state index in [9.17, 15) is 9.59 Å². The standard InChI is InChI=1S/C7H11NO4/c1-5(4-6(9)11-2)8-7(10)12-3/h4H,1-3H3,(H,8,10)/b5-4+. The van der Waals surface area contributed by atoms with Crippen LogP contribution in [-0.2, 0) is 14.3 Å². The first-order valence-electron chi connectivity index (χ1n) is 3.21. The summed E-state index contributed by atoms with van der Waals surface area (Å²) in [6, 6.07) is 0. The van der Waals surface area contributed by atoms with Crippen LogP contribution in [-0.4, -0.2) is 26.3 Å². The number of nitrogens with one attached hydrogen (secondary N) is 1. The van der Waals surface area contributed by atoms with Crippen LogP contribution in [0.3, 0.4) is 0 Å². The van der Waals surface area contributed by atoms with E-state index >= 15 is 0 Å². The van der Waals surface area contributed by atoms with Crippen LogP contribution >= 0.6 is 0 Å². The van der Waals surface area contributed by atoms with Gasteiger partial charge in [0.15, 0.2) is 0 Å². The number of carbonyl (C=O) groups is 2. The Balaban J connectivity index is 4.02. The largest absolute Gasteiger partial charge is 0.466 e. The fourth-order valence-corrected chi connectivity index (χ4v) is 0.484. The molecule has 5 nitrogen and oxygen atoms in total. The van der Waals surface area contributed by atoms with Crippen molar-refractivity contribution in [2.75, 3.05) is 14.2 Å². The molecule has 0 saturated heterocycles. The molecule has 68 valence electrons. The molecular weight excluding hydrogens is 162 g/mol. The average Bonchev–Trinajstić information content (AvgIpc) is 2.03. The van der Waals surface area contributed by atoms with E-state index < -0.39 is 12.1 Å². The molecule has 5 heteroatoms. The molecule has 0 fully saturated rings. The van der Waals surface area contributed by atoms with E-state index in [1.165, 1.54) is 14.2 Å². The lowest BCUT2D eigenvalue weighted by molar-refractivity contribution is -0.134. The fourth-order valence-electron chi connectivity index (χ4n) is 0.484. The zero-order valence-corrected chi connectivity index (χ0v) is 7.21. The van der Waals surface area contributed by atoms with Gasteiger partial charge in [0.25, 0.3) is 0 Å². The van der Waals surface area contributed by atoms with Crippen molar-refractivity contribution in [1.29, 1.82) is 0 Å². The van der Waals surface area contributed by atoms with E-state index in [0.717, 1.165) is 6.08 Å². The van der Waals surface area contributed by atoms with Crippen molar-refractivity contribution in [3.8, 4) is 0 Å². The van der Waals surface area contributed by atoms with Gasteiger partial charge in [0.2, 0.25) is 0 Å². The molecule has 0 atom stereocenters. The highest BCUT2D eigenvalue weighted by Gasteiger charge is 2.00. The Morgan fingerprint density at radius 1 is 1.25 bits per heavy atom. The predicted molar refractivity (Wildman–Crippen MR) is 41.3 cm³/mol. The first-order chi connectivity index (χ1) is 5.60. The maximum absolute atomic E-state index is 10.6. The Bertz CT molecular complexity index is 209. The van der Waals surface area contributed by atoms with Crippen LogP contribution in [0.15, 0.2) is 11.8 Å². The number of ether oxygens (including phenoxy) is 2. The highest BCUT2D eigenvalue weighted by Crippen LogP contribution is 1.88. The van der Waals surface area contributed by atoms with Gasteiger partial charge in [0.1, 0.15) is 0 Å². The van der Waals surface area contributed by atoms with Gasteiger partial charge in [-0.15, -0.1) is 0 Å². The molecule has 0 saturated carbocycles. The fraction of sp³-hybridized carbons (Fsp3) is 0.429. The molecule has 0 rings (SSSR count). The summed E-state index contributed by atoms with van der Waals surface area (Å²) in [4.78, 5) is 21.2. The Hall–Kier alpha value is -1.52. The third-order valence-electron chi connectivity index (χ3n) is 1.02. The van der Waals surface area contributed by atoms with Crippen molar-refractivity contribution in [1.82, 2.24) is 5.32 Å². The monoisotopic (exact) mass is 173 g/mol. The number of methoxy groups -OCH3 is 2. The van der Waals surface area contributed by atoms with Crippen LogP contribution in [0.25, 0.3) is 0 Å². The summed E-state index contributed by atoms with van der Waals surface area (Å²) in [7, 11) is 2.49. The summed E-state index contributed by atoms with van der Waals surface area (Å²) >= 11 is 0. The number of carbonyl (C=O) groups excluding carboxylic acids is 2. The van der Waals surface area contributed by atoms with Crippen molar-refractivity contribution >= 4 is 12.1 Å². The molecule has 0 bridgehead atoms. The van der Waals surface area contributed by atoms with E-state index in [0.29, 0.717) is 5.70 Å². The van der Waals surface area contributed by atoms with Crippen molar-refractivity contribution < 1.29 is 19.1 Å². The molecule has 0 heterocycles. The number of rotatable bonds is 2. The molecule has 0 aromatic heterocycles. The first kappa shape index (κ1) is 10.5. The van der Waals surface area contributed by atoms with Crippen LogP contribution in [0.5, 0.6) is 0 Å². The third kappa shape index (κ3) is 4.32. The molecule has 0 aliphatic carbocycles. The van der Waals surface area contributed by atoms with E-state index in [1.807, 2.05) is 0 Å². The van der Waals surface area contributed by atoms with E-state index in [2.05, 4.69) is 14.8 Å². The minimum Gasteiger partial charge on any atom is -0.466 e. The first-order valence-corrected chi connectivity index (χ1v) is 3.21. The zero-order valence-electron chi connectivity index (χ0n) is 7.21. The molecule has 0 unspecified atom stereocenters. The van der Waals surface area contributed by atoms with Crippen LogP contribution in [0.4, 0.5) is 4.79 Å². The van der Waals surface area contributed by atoms with Gasteiger partial charge >= 0.3 is 12.1 Å². The highest BCUT2D eigenvalue weighted by atomic mass is 16.5. The van der Waals surface area contributed by atoms with Gasteiger partial charge in [-0.1, -0.05) is 0 Å². The molecule has 0 radical (unpaired) electrons. The Kier molecular flexibility index (Phi) is 4.52. The van der Waals surface area contributed by atoms with E-state index in [-0.39, 0.29) is 0 Å². The number of hydrogen-bond donors (Lipinski definition) is 1. The smallest absolute Gasteiger partial charge is 0.411 e. The number of alkyl carbamates (subject to hydrolysis) is 1. The summed E-state index contributed by atoms with van der Waals surface area (Å²) in [5, 5.41) is 2.29. The number of hydrogen-bond acceptors (Lipinski definition) is 4. The molecular formula is C7H11NO4. The molecule has 0 aliphatic rings. The van der Waals surface area contributed by atoms with E-state index in [1.54, 1.807) is 6.92 Å². The van der Waals surface area contributed by atoms with Crippen molar-refractivity contribution in [3.63, 3.8) is 0 Å². The quantitative estimate of drug-likeness (QED) is 0.485. The van der Waals surface area contributed by atoms with Gasteiger partial charge in [-0.25, -0.2) is 9.59 Å². The predicted octanol–water partition coefficient (Wildman–Crippen LogP) is 0.419. The molecule has 1 N–H and O–H groups in total. The molecule has 1 amide bonds. The minimum atomic E-state index is -0.618. The lowest BCUT2D eigenvalue weighted by atomic mass is 10.4. The second-order valence-corrected chi connectivity index (χ2v) is 1.97.